The lowest BCUT2D eigenvalue weighted by molar-refractivity contribution is -0.262. The molecule has 1 aliphatic heterocycles. The molecule has 1 spiro atoms. The van der Waals surface area contributed by atoms with Crippen LogP contribution in [0.1, 0.15) is 60.3 Å². The Bertz CT molecular complexity index is 1140. The van der Waals surface area contributed by atoms with Crippen molar-refractivity contribution in [1.82, 2.24) is 0 Å². The first-order valence-corrected chi connectivity index (χ1v) is 13.8. The summed E-state index contributed by atoms with van der Waals surface area (Å²) in [6, 6.07) is 0. The van der Waals surface area contributed by atoms with E-state index in [0.717, 1.165) is 18.8 Å². The van der Waals surface area contributed by atoms with E-state index >= 15 is 0 Å². The second-order valence-corrected chi connectivity index (χ2v) is 13.1. The van der Waals surface area contributed by atoms with Gasteiger partial charge >= 0.3 is 12.1 Å². The number of esters is 1. The second-order valence-electron chi connectivity index (χ2n) is 11.5. The number of fused-ring (bicyclic) bond motifs is 3. The molecule has 36 heavy (non-hydrogen) atoms. The standard InChI is InChI=1S/C24H34O11S/c1-12-7-8-24-19(33-20(28)34-24)18-22(5,10-14(26)17(12)21(24,3)4)15(27)9-16(35-36(6,30)31)23(18,29)11-32-13(2)25/h15-16,18-19,27,29H,7-11H2,1-6H3/t15-,16-,18-,19-,22+,23-,24+/m0/s1. The minimum Gasteiger partial charge on any atom is -0.463 e. The van der Waals surface area contributed by atoms with Gasteiger partial charge in [0.15, 0.2) is 17.5 Å². The third-order valence-electron chi connectivity index (χ3n) is 8.86. The van der Waals surface area contributed by atoms with Gasteiger partial charge in [0.2, 0.25) is 0 Å². The molecule has 1 saturated heterocycles. The zero-order chi connectivity index (χ0) is 27.1. The van der Waals surface area contributed by atoms with Crippen LogP contribution in [0.25, 0.3) is 0 Å². The maximum atomic E-state index is 13.8. The largest absolute Gasteiger partial charge is 0.509 e. The molecule has 3 fully saturated rings. The molecule has 0 radical (unpaired) electrons. The van der Waals surface area contributed by atoms with Crippen molar-refractivity contribution in [3.05, 3.63) is 11.1 Å². The average Bonchev–Trinajstić information content (AvgIpc) is 3.03. The van der Waals surface area contributed by atoms with Crippen molar-refractivity contribution in [2.75, 3.05) is 12.9 Å². The normalized spacial score (nSPS) is 41.9. The van der Waals surface area contributed by atoms with E-state index < -0.39 is 75.1 Å². The average molecular weight is 531 g/mol. The van der Waals surface area contributed by atoms with Crippen LogP contribution in [0.2, 0.25) is 0 Å². The Balaban J connectivity index is 2.01. The van der Waals surface area contributed by atoms with Crippen LogP contribution in [0, 0.1) is 16.7 Å². The number of hydrogen-bond acceptors (Lipinski definition) is 11. The molecule has 11 nitrogen and oxygen atoms in total. The van der Waals surface area contributed by atoms with Gasteiger partial charge in [-0.1, -0.05) is 26.3 Å². The van der Waals surface area contributed by atoms with Crippen LogP contribution in [-0.2, 0) is 38.1 Å². The fraction of sp³-hybridized carbons (Fsp3) is 0.792. The summed E-state index contributed by atoms with van der Waals surface area (Å²) in [6.45, 7) is 7.39. The molecule has 2 N–H and O–H groups in total. The molecular weight excluding hydrogens is 496 g/mol. The topological polar surface area (TPSA) is 163 Å². The highest BCUT2D eigenvalue weighted by Gasteiger charge is 2.75. The summed E-state index contributed by atoms with van der Waals surface area (Å²) in [4.78, 5) is 38.3. The number of carbonyl (C=O) groups excluding carboxylic acids is 3. The number of carbonyl (C=O) groups is 3. The quantitative estimate of drug-likeness (QED) is 0.399. The predicted molar refractivity (Wildman–Crippen MR) is 123 cm³/mol. The third kappa shape index (κ3) is 3.79. The van der Waals surface area contributed by atoms with Crippen LogP contribution in [0.15, 0.2) is 11.1 Å². The second kappa shape index (κ2) is 8.24. The number of Topliss-reactive ketones (excluding diaryl/α,β-unsaturated/α-hetero) is 1. The first-order valence-electron chi connectivity index (χ1n) is 11.9. The van der Waals surface area contributed by atoms with Gasteiger partial charge in [0.1, 0.15) is 18.3 Å². The zero-order valence-corrected chi connectivity index (χ0v) is 22.1. The van der Waals surface area contributed by atoms with Gasteiger partial charge in [-0.2, -0.15) is 8.42 Å². The number of allylic oxidation sites excluding steroid dienone is 1. The lowest BCUT2D eigenvalue weighted by Crippen LogP contribution is -2.74. The van der Waals surface area contributed by atoms with Crippen LogP contribution in [0.4, 0.5) is 4.79 Å². The number of ether oxygens (including phenoxy) is 3. The number of ketones is 1. The molecule has 4 rings (SSSR count). The Labute approximate surface area is 210 Å². The summed E-state index contributed by atoms with van der Waals surface area (Å²) >= 11 is 0. The van der Waals surface area contributed by atoms with Crippen molar-refractivity contribution in [2.24, 2.45) is 16.7 Å². The molecule has 0 aromatic carbocycles. The van der Waals surface area contributed by atoms with Crippen molar-refractivity contribution in [1.29, 1.82) is 0 Å². The van der Waals surface area contributed by atoms with E-state index in [9.17, 15) is 33.0 Å². The fourth-order valence-corrected chi connectivity index (χ4v) is 7.91. The molecule has 0 amide bonds. The highest BCUT2D eigenvalue weighted by molar-refractivity contribution is 7.86. The van der Waals surface area contributed by atoms with Gasteiger partial charge in [-0.15, -0.1) is 0 Å². The Morgan fingerprint density at radius 3 is 2.44 bits per heavy atom. The minimum absolute atomic E-state index is 0.229. The molecular formula is C24H34O11S. The number of rotatable bonds is 4. The van der Waals surface area contributed by atoms with E-state index in [4.69, 9.17) is 18.4 Å². The molecule has 7 atom stereocenters. The first kappa shape index (κ1) is 27.0. The highest BCUT2D eigenvalue weighted by Crippen LogP contribution is 2.64. The Kier molecular flexibility index (Phi) is 6.19. The van der Waals surface area contributed by atoms with Gasteiger partial charge < -0.3 is 24.4 Å². The molecule has 0 unspecified atom stereocenters. The smallest absolute Gasteiger partial charge is 0.463 e. The molecule has 0 aromatic rings. The van der Waals surface area contributed by atoms with Crippen molar-refractivity contribution in [2.45, 2.75) is 89.8 Å². The summed E-state index contributed by atoms with van der Waals surface area (Å²) in [5.74, 6) is -2.32. The molecule has 202 valence electrons. The molecule has 2 saturated carbocycles. The molecule has 4 aliphatic rings. The summed E-state index contributed by atoms with van der Waals surface area (Å²) < 4.78 is 46.3. The fourth-order valence-electron chi connectivity index (χ4n) is 7.24. The van der Waals surface area contributed by atoms with Crippen molar-refractivity contribution in [3.8, 4) is 0 Å². The monoisotopic (exact) mass is 530 g/mol. The van der Waals surface area contributed by atoms with E-state index in [1.807, 2.05) is 6.92 Å². The molecule has 12 heteroatoms. The SMILES string of the molecule is CC(=O)OC[C@]1(O)[C@@H](OS(C)(=O)=O)C[C@H](O)[C@@]2(C)CC(=O)C3=C(C)CC[C@]4(OC(=O)O[C@H]4[C@@H]21)C3(C)C. The van der Waals surface area contributed by atoms with Gasteiger partial charge in [-0.3, -0.25) is 13.8 Å². The summed E-state index contributed by atoms with van der Waals surface area (Å²) in [6.07, 6.45) is -4.23. The van der Waals surface area contributed by atoms with Crippen LogP contribution < -0.4 is 0 Å². The third-order valence-corrected chi connectivity index (χ3v) is 9.44. The first-order chi connectivity index (χ1) is 16.4. The lowest BCUT2D eigenvalue weighted by Gasteiger charge is -2.61. The maximum Gasteiger partial charge on any atom is 0.509 e. The summed E-state index contributed by atoms with van der Waals surface area (Å²) in [5, 5.41) is 23.6. The van der Waals surface area contributed by atoms with E-state index in [0.29, 0.717) is 12.0 Å². The van der Waals surface area contributed by atoms with E-state index in [1.165, 1.54) is 0 Å². The van der Waals surface area contributed by atoms with Crippen LogP contribution in [0.3, 0.4) is 0 Å². The minimum atomic E-state index is -4.15. The van der Waals surface area contributed by atoms with E-state index in [-0.39, 0.29) is 25.0 Å². The van der Waals surface area contributed by atoms with Gasteiger partial charge in [-0.05, 0) is 19.8 Å². The van der Waals surface area contributed by atoms with Gasteiger partial charge in [0.05, 0.1) is 12.4 Å². The Hall–Kier alpha value is -2.02. The number of aliphatic hydroxyl groups excluding tert-OH is 1. The molecule has 1 heterocycles. The van der Waals surface area contributed by atoms with Crippen molar-refractivity contribution in [3.63, 3.8) is 0 Å². The van der Waals surface area contributed by atoms with Crippen molar-refractivity contribution >= 4 is 28.0 Å². The van der Waals surface area contributed by atoms with Gasteiger partial charge in [0, 0.05) is 42.1 Å². The number of hydrogen-bond donors (Lipinski definition) is 2. The molecule has 0 aromatic heterocycles. The predicted octanol–water partition coefficient (Wildman–Crippen LogP) is 1.40. The lowest BCUT2D eigenvalue weighted by atomic mass is 9.46. The van der Waals surface area contributed by atoms with Crippen LogP contribution in [-0.4, -0.2) is 78.9 Å². The highest BCUT2D eigenvalue weighted by atomic mass is 32.2. The summed E-state index contributed by atoms with van der Waals surface area (Å²) in [5.41, 5.74) is -4.81. The van der Waals surface area contributed by atoms with Gasteiger partial charge in [0.25, 0.3) is 10.1 Å². The van der Waals surface area contributed by atoms with Crippen LogP contribution >= 0.6 is 0 Å². The Morgan fingerprint density at radius 1 is 1.22 bits per heavy atom. The molecule has 3 aliphatic carbocycles. The zero-order valence-electron chi connectivity index (χ0n) is 21.3. The maximum absolute atomic E-state index is 13.8. The number of aliphatic hydroxyl groups is 2. The van der Waals surface area contributed by atoms with E-state index in [2.05, 4.69) is 0 Å². The van der Waals surface area contributed by atoms with Crippen molar-refractivity contribution < 1.29 is 51.4 Å². The Morgan fingerprint density at radius 2 is 1.86 bits per heavy atom. The summed E-state index contributed by atoms with van der Waals surface area (Å²) in [7, 11) is -4.15. The van der Waals surface area contributed by atoms with Crippen LogP contribution in [0.5, 0.6) is 0 Å². The van der Waals surface area contributed by atoms with E-state index in [1.54, 1.807) is 20.8 Å². The van der Waals surface area contributed by atoms with Gasteiger partial charge in [-0.25, -0.2) is 4.79 Å². The molecule has 2 bridgehead atoms.